The maximum absolute atomic E-state index is 12.4. The zero-order chi connectivity index (χ0) is 25.6. The van der Waals surface area contributed by atoms with Crippen molar-refractivity contribution >= 4 is 40.5 Å². The number of aromatic nitrogens is 5. The number of carbonyl (C=O) groups excluding carboxylic acids is 1. The van der Waals surface area contributed by atoms with Gasteiger partial charge in [0, 0.05) is 23.3 Å². The summed E-state index contributed by atoms with van der Waals surface area (Å²) in [5, 5.41) is 20.8. The minimum atomic E-state index is -1.14. The standard InChI is InChI=1S/C24H23ClN6O5/c1-24(2,3)35-23(34)28-20-18(29-36-30-20)21-27-17-16(13-5-4-6-14(25)9-13)26-10-15(22(32)33)19(17)31(21)11-12-7-8-12/h4-6,9-10,12H,7-8,11H2,1-3H3,(H,32,33)(H,28,30,34). The van der Waals surface area contributed by atoms with Crippen LogP contribution in [0.3, 0.4) is 0 Å². The van der Waals surface area contributed by atoms with Crippen molar-refractivity contribution in [2.24, 2.45) is 5.92 Å². The number of aromatic carboxylic acids is 1. The summed E-state index contributed by atoms with van der Waals surface area (Å²) in [4.78, 5) is 33.8. The molecule has 3 aromatic heterocycles. The van der Waals surface area contributed by atoms with Crippen LogP contribution < -0.4 is 5.32 Å². The Hall–Kier alpha value is -3.99. The van der Waals surface area contributed by atoms with E-state index in [9.17, 15) is 14.7 Å². The number of hydrogen-bond donors (Lipinski definition) is 2. The second-order valence-corrected chi connectivity index (χ2v) is 10.0. The molecule has 0 atom stereocenters. The number of benzene rings is 1. The minimum Gasteiger partial charge on any atom is -0.478 e. The average Bonchev–Trinajstić information content (AvgIpc) is 3.37. The number of amides is 1. The van der Waals surface area contributed by atoms with Gasteiger partial charge < -0.3 is 14.4 Å². The number of halogens is 1. The van der Waals surface area contributed by atoms with Crippen molar-refractivity contribution < 1.29 is 24.1 Å². The van der Waals surface area contributed by atoms with Crippen LogP contribution in [0.15, 0.2) is 35.1 Å². The molecule has 12 heteroatoms. The van der Waals surface area contributed by atoms with Gasteiger partial charge in [-0.2, -0.15) is 0 Å². The van der Waals surface area contributed by atoms with E-state index in [-0.39, 0.29) is 17.1 Å². The number of carboxylic acid groups (broad SMARTS) is 1. The average molecular weight is 511 g/mol. The molecular weight excluding hydrogens is 488 g/mol. The van der Waals surface area contributed by atoms with E-state index in [1.807, 2.05) is 6.07 Å². The number of nitrogens with zero attached hydrogens (tertiary/aromatic N) is 5. The summed E-state index contributed by atoms with van der Waals surface area (Å²) in [5.74, 6) is -0.486. The first kappa shape index (κ1) is 23.7. The van der Waals surface area contributed by atoms with Gasteiger partial charge in [-0.15, -0.1) is 0 Å². The number of hydrogen-bond acceptors (Lipinski definition) is 8. The summed E-state index contributed by atoms with van der Waals surface area (Å²) < 4.78 is 12.0. The predicted octanol–water partition coefficient (Wildman–Crippen LogP) is 5.26. The van der Waals surface area contributed by atoms with Gasteiger partial charge in [-0.25, -0.2) is 19.2 Å². The highest BCUT2D eigenvalue weighted by Gasteiger charge is 2.31. The van der Waals surface area contributed by atoms with Crippen LogP contribution in [0.1, 0.15) is 44.0 Å². The van der Waals surface area contributed by atoms with Crippen LogP contribution in [-0.4, -0.2) is 47.6 Å². The Bertz CT molecular complexity index is 1480. The molecule has 186 valence electrons. The van der Waals surface area contributed by atoms with Crippen molar-refractivity contribution in [1.82, 2.24) is 24.8 Å². The topological polar surface area (TPSA) is 145 Å². The molecule has 0 radical (unpaired) electrons. The first-order valence-corrected chi connectivity index (χ1v) is 11.7. The second-order valence-electron chi connectivity index (χ2n) is 9.61. The number of ether oxygens (including phenoxy) is 1. The van der Waals surface area contributed by atoms with E-state index >= 15 is 0 Å². The van der Waals surface area contributed by atoms with E-state index < -0.39 is 17.7 Å². The Morgan fingerprint density at radius 2 is 2.03 bits per heavy atom. The Labute approximate surface area is 210 Å². The summed E-state index contributed by atoms with van der Waals surface area (Å²) >= 11 is 6.21. The number of rotatable bonds is 6. The molecule has 1 amide bonds. The van der Waals surface area contributed by atoms with E-state index in [0.717, 1.165) is 12.8 Å². The van der Waals surface area contributed by atoms with Crippen molar-refractivity contribution in [2.45, 2.75) is 45.8 Å². The molecular formula is C24H23ClN6O5. The van der Waals surface area contributed by atoms with Crippen molar-refractivity contribution in [3.05, 3.63) is 41.0 Å². The molecule has 5 rings (SSSR count). The quantitative estimate of drug-likeness (QED) is 0.354. The largest absolute Gasteiger partial charge is 0.478 e. The Balaban J connectivity index is 1.71. The van der Waals surface area contributed by atoms with Crippen LogP contribution in [-0.2, 0) is 11.3 Å². The highest BCUT2D eigenvalue weighted by molar-refractivity contribution is 6.30. The van der Waals surface area contributed by atoms with Crippen molar-refractivity contribution in [3.8, 4) is 22.8 Å². The predicted molar refractivity (Wildman–Crippen MR) is 131 cm³/mol. The lowest BCUT2D eigenvalue weighted by atomic mass is 10.1. The van der Waals surface area contributed by atoms with Gasteiger partial charge in [-0.3, -0.25) is 10.3 Å². The van der Waals surface area contributed by atoms with E-state index in [2.05, 4.69) is 20.6 Å². The molecule has 1 fully saturated rings. The maximum atomic E-state index is 12.4. The van der Waals surface area contributed by atoms with Gasteiger partial charge in [0.15, 0.2) is 11.5 Å². The fourth-order valence-corrected chi connectivity index (χ4v) is 4.07. The molecule has 3 heterocycles. The van der Waals surface area contributed by atoms with Gasteiger partial charge >= 0.3 is 12.1 Å². The van der Waals surface area contributed by atoms with Crippen LogP contribution in [0.4, 0.5) is 10.6 Å². The molecule has 4 aromatic rings. The molecule has 1 aliphatic carbocycles. The third kappa shape index (κ3) is 4.74. The van der Waals surface area contributed by atoms with Crippen LogP contribution in [0.2, 0.25) is 5.02 Å². The molecule has 0 aliphatic heterocycles. The monoisotopic (exact) mass is 510 g/mol. The lowest BCUT2D eigenvalue weighted by molar-refractivity contribution is 0.0632. The van der Waals surface area contributed by atoms with Crippen molar-refractivity contribution in [2.75, 3.05) is 5.32 Å². The van der Waals surface area contributed by atoms with Gasteiger partial charge in [0.05, 0.1) is 11.2 Å². The molecule has 1 saturated carbocycles. The van der Waals surface area contributed by atoms with Gasteiger partial charge in [0.2, 0.25) is 5.82 Å². The number of carboxylic acids is 1. The normalized spacial score (nSPS) is 13.7. The SMILES string of the molecule is CC(C)(C)OC(=O)Nc1nonc1-c1nc2c(-c3cccc(Cl)c3)ncc(C(=O)O)c2n1CC1CC1. The first-order valence-electron chi connectivity index (χ1n) is 11.3. The number of fused-ring (bicyclic) bond motifs is 1. The molecule has 11 nitrogen and oxygen atoms in total. The first-order chi connectivity index (χ1) is 17.1. The summed E-state index contributed by atoms with van der Waals surface area (Å²) in [6, 6.07) is 7.07. The molecule has 1 aromatic carbocycles. The lowest BCUT2D eigenvalue weighted by Gasteiger charge is -2.19. The van der Waals surface area contributed by atoms with Gasteiger partial charge in [-0.05, 0) is 62.0 Å². The van der Waals surface area contributed by atoms with Crippen LogP contribution in [0.25, 0.3) is 33.8 Å². The van der Waals surface area contributed by atoms with Crippen LogP contribution >= 0.6 is 11.6 Å². The molecule has 1 aliphatic rings. The second kappa shape index (κ2) is 8.90. The van der Waals surface area contributed by atoms with E-state index in [4.69, 9.17) is 26.0 Å². The summed E-state index contributed by atoms with van der Waals surface area (Å²) in [6.07, 6.45) is 2.59. The van der Waals surface area contributed by atoms with Gasteiger partial charge in [-0.1, -0.05) is 23.7 Å². The van der Waals surface area contributed by atoms with Crippen molar-refractivity contribution in [1.29, 1.82) is 0 Å². The zero-order valence-corrected chi connectivity index (χ0v) is 20.5. The molecule has 0 unspecified atom stereocenters. The third-order valence-electron chi connectivity index (χ3n) is 5.56. The van der Waals surface area contributed by atoms with Crippen molar-refractivity contribution in [3.63, 3.8) is 0 Å². The number of anilines is 1. The smallest absolute Gasteiger partial charge is 0.413 e. The highest BCUT2D eigenvalue weighted by Crippen LogP contribution is 2.38. The Morgan fingerprint density at radius 1 is 1.25 bits per heavy atom. The van der Waals surface area contributed by atoms with Gasteiger partial charge in [0.25, 0.3) is 0 Å². The molecule has 0 spiro atoms. The molecule has 2 N–H and O–H groups in total. The lowest BCUT2D eigenvalue weighted by Crippen LogP contribution is -2.27. The fourth-order valence-electron chi connectivity index (χ4n) is 3.88. The third-order valence-corrected chi connectivity index (χ3v) is 5.79. The maximum Gasteiger partial charge on any atom is 0.413 e. The van der Waals surface area contributed by atoms with Gasteiger partial charge in [0.1, 0.15) is 16.7 Å². The fraction of sp³-hybridized carbons (Fsp3) is 0.333. The number of imidazole rings is 1. The minimum absolute atomic E-state index is 0.00532. The molecule has 0 bridgehead atoms. The highest BCUT2D eigenvalue weighted by atomic mass is 35.5. The number of pyridine rings is 1. The number of carbonyl (C=O) groups is 2. The number of nitrogens with one attached hydrogen (secondary N) is 1. The molecule has 0 saturated heterocycles. The summed E-state index contributed by atoms with van der Waals surface area (Å²) in [5.41, 5.74) is 1.30. The Kier molecular flexibility index (Phi) is 5.87. The zero-order valence-electron chi connectivity index (χ0n) is 19.8. The van der Waals surface area contributed by atoms with E-state index in [1.165, 1.54) is 6.20 Å². The summed E-state index contributed by atoms with van der Waals surface area (Å²) in [6.45, 7) is 5.72. The Morgan fingerprint density at radius 3 is 2.69 bits per heavy atom. The van der Waals surface area contributed by atoms with E-state index in [1.54, 1.807) is 43.5 Å². The van der Waals surface area contributed by atoms with E-state index in [0.29, 0.717) is 45.6 Å². The summed E-state index contributed by atoms with van der Waals surface area (Å²) in [7, 11) is 0. The molecule has 36 heavy (non-hydrogen) atoms. The van der Waals surface area contributed by atoms with Crippen LogP contribution in [0, 0.1) is 5.92 Å². The van der Waals surface area contributed by atoms with Crippen LogP contribution in [0.5, 0.6) is 0 Å².